The Hall–Kier alpha value is -2.26. The zero-order valence-electron chi connectivity index (χ0n) is 14.0. The van der Waals surface area contributed by atoms with Crippen LogP contribution in [0.25, 0.3) is 0 Å². The number of nitriles is 1. The molecule has 0 aliphatic carbocycles. The molecule has 0 bridgehead atoms. The number of carbonyl (C=O) groups is 1. The van der Waals surface area contributed by atoms with Crippen LogP contribution in [0.15, 0.2) is 23.3 Å². The van der Waals surface area contributed by atoms with Crippen molar-refractivity contribution in [3.05, 3.63) is 29.6 Å². The SMILES string of the molecule is CCCN=Cc1ccnc(CNCC(=O)N(CC)CCC#N)c1. The van der Waals surface area contributed by atoms with Gasteiger partial charge in [0.25, 0.3) is 0 Å². The fourth-order valence-electron chi connectivity index (χ4n) is 2.03. The minimum absolute atomic E-state index is 0.00316. The first-order valence-electron chi connectivity index (χ1n) is 8.01. The normalized spacial score (nSPS) is 10.7. The molecule has 23 heavy (non-hydrogen) atoms. The van der Waals surface area contributed by atoms with E-state index in [1.165, 1.54) is 0 Å². The van der Waals surface area contributed by atoms with E-state index in [1.807, 2.05) is 25.3 Å². The lowest BCUT2D eigenvalue weighted by Crippen LogP contribution is -2.38. The van der Waals surface area contributed by atoms with E-state index < -0.39 is 0 Å². The molecule has 0 saturated heterocycles. The smallest absolute Gasteiger partial charge is 0.236 e. The number of rotatable bonds is 10. The number of pyridine rings is 1. The maximum atomic E-state index is 12.0. The third kappa shape index (κ3) is 7.52. The number of hydrogen-bond acceptors (Lipinski definition) is 5. The van der Waals surface area contributed by atoms with Gasteiger partial charge in [-0.1, -0.05) is 6.92 Å². The van der Waals surface area contributed by atoms with E-state index in [1.54, 1.807) is 11.1 Å². The van der Waals surface area contributed by atoms with Crippen LogP contribution in [-0.2, 0) is 11.3 Å². The third-order valence-corrected chi connectivity index (χ3v) is 3.24. The van der Waals surface area contributed by atoms with Gasteiger partial charge in [0.2, 0.25) is 5.91 Å². The number of carbonyl (C=O) groups excluding carboxylic acids is 1. The van der Waals surface area contributed by atoms with Crippen LogP contribution in [0.3, 0.4) is 0 Å². The van der Waals surface area contributed by atoms with Crippen molar-refractivity contribution in [1.82, 2.24) is 15.2 Å². The lowest BCUT2D eigenvalue weighted by atomic mass is 10.2. The second-order valence-electron chi connectivity index (χ2n) is 5.10. The molecule has 1 aromatic heterocycles. The first-order chi connectivity index (χ1) is 11.2. The summed E-state index contributed by atoms with van der Waals surface area (Å²) in [6.45, 7) is 6.69. The highest BCUT2D eigenvalue weighted by Crippen LogP contribution is 2.00. The van der Waals surface area contributed by atoms with E-state index in [0.29, 0.717) is 26.1 Å². The minimum Gasteiger partial charge on any atom is -0.341 e. The molecule has 6 heteroatoms. The molecule has 0 fully saturated rings. The largest absolute Gasteiger partial charge is 0.341 e. The molecule has 0 spiro atoms. The number of aliphatic imine (C=N–C) groups is 1. The molecule has 0 atom stereocenters. The fraction of sp³-hybridized carbons (Fsp3) is 0.529. The van der Waals surface area contributed by atoms with E-state index in [4.69, 9.17) is 5.26 Å². The van der Waals surface area contributed by atoms with Gasteiger partial charge in [0, 0.05) is 38.6 Å². The summed E-state index contributed by atoms with van der Waals surface area (Å²) in [5.41, 5.74) is 1.89. The summed E-state index contributed by atoms with van der Waals surface area (Å²) in [5, 5.41) is 11.7. The zero-order chi connectivity index (χ0) is 16.9. The quantitative estimate of drug-likeness (QED) is 0.667. The average Bonchev–Trinajstić information content (AvgIpc) is 2.56. The molecule has 0 saturated carbocycles. The van der Waals surface area contributed by atoms with Gasteiger partial charge in [-0.2, -0.15) is 5.26 Å². The van der Waals surface area contributed by atoms with Crippen LogP contribution in [0.4, 0.5) is 0 Å². The summed E-state index contributed by atoms with van der Waals surface area (Å²) in [7, 11) is 0. The van der Waals surface area contributed by atoms with Crippen LogP contribution in [0, 0.1) is 11.3 Å². The lowest BCUT2D eigenvalue weighted by molar-refractivity contribution is -0.130. The number of hydrogen-bond donors (Lipinski definition) is 1. The van der Waals surface area contributed by atoms with E-state index >= 15 is 0 Å². The van der Waals surface area contributed by atoms with E-state index in [-0.39, 0.29) is 12.5 Å². The Labute approximate surface area is 138 Å². The molecule has 6 nitrogen and oxygen atoms in total. The van der Waals surface area contributed by atoms with Crippen molar-refractivity contribution < 1.29 is 4.79 Å². The van der Waals surface area contributed by atoms with Crippen LogP contribution < -0.4 is 5.32 Å². The second-order valence-corrected chi connectivity index (χ2v) is 5.10. The summed E-state index contributed by atoms with van der Waals surface area (Å²) < 4.78 is 0. The highest BCUT2D eigenvalue weighted by molar-refractivity contribution is 5.79. The predicted molar refractivity (Wildman–Crippen MR) is 91.2 cm³/mol. The summed E-state index contributed by atoms with van der Waals surface area (Å²) in [4.78, 5) is 22.3. The second kappa shape index (κ2) is 11.3. The van der Waals surface area contributed by atoms with E-state index in [9.17, 15) is 4.79 Å². The van der Waals surface area contributed by atoms with Crippen molar-refractivity contribution in [1.29, 1.82) is 5.26 Å². The number of nitrogens with one attached hydrogen (secondary N) is 1. The fourth-order valence-corrected chi connectivity index (χ4v) is 2.03. The first kappa shape index (κ1) is 18.8. The molecule has 0 aliphatic rings. The predicted octanol–water partition coefficient (Wildman–Crippen LogP) is 1.76. The minimum atomic E-state index is 0.00316. The maximum Gasteiger partial charge on any atom is 0.236 e. The van der Waals surface area contributed by atoms with Gasteiger partial charge in [0.1, 0.15) is 0 Å². The molecule has 1 aromatic rings. The summed E-state index contributed by atoms with van der Waals surface area (Å²) in [6, 6.07) is 5.93. The van der Waals surface area contributed by atoms with Crippen LogP contribution >= 0.6 is 0 Å². The molecule has 1 amide bonds. The van der Waals surface area contributed by atoms with Crippen LogP contribution in [0.1, 0.15) is 37.9 Å². The zero-order valence-corrected chi connectivity index (χ0v) is 14.0. The van der Waals surface area contributed by atoms with Gasteiger partial charge < -0.3 is 10.2 Å². The molecular formula is C17H25N5O. The lowest BCUT2D eigenvalue weighted by Gasteiger charge is -2.19. The highest BCUT2D eigenvalue weighted by Gasteiger charge is 2.10. The Morgan fingerprint density at radius 2 is 2.35 bits per heavy atom. The van der Waals surface area contributed by atoms with E-state index in [0.717, 1.165) is 24.2 Å². The molecule has 0 unspecified atom stereocenters. The number of amides is 1. The van der Waals surface area contributed by atoms with Gasteiger partial charge in [0.05, 0.1) is 24.7 Å². The monoisotopic (exact) mass is 315 g/mol. The molecule has 1 heterocycles. The average molecular weight is 315 g/mol. The van der Waals surface area contributed by atoms with Gasteiger partial charge in [0.15, 0.2) is 0 Å². The van der Waals surface area contributed by atoms with Crippen molar-refractivity contribution in [2.45, 2.75) is 33.2 Å². The number of nitrogens with zero attached hydrogens (tertiary/aromatic N) is 4. The Balaban J connectivity index is 2.44. The molecule has 1 rings (SSSR count). The highest BCUT2D eigenvalue weighted by atomic mass is 16.2. The van der Waals surface area contributed by atoms with Gasteiger partial charge >= 0.3 is 0 Å². The van der Waals surface area contributed by atoms with Gasteiger partial charge in [-0.3, -0.25) is 14.8 Å². The third-order valence-electron chi connectivity index (χ3n) is 3.24. The Morgan fingerprint density at radius 1 is 1.52 bits per heavy atom. The topological polar surface area (TPSA) is 81.4 Å². The van der Waals surface area contributed by atoms with Gasteiger partial charge in [-0.15, -0.1) is 0 Å². The van der Waals surface area contributed by atoms with Gasteiger partial charge in [-0.05, 0) is 31.0 Å². The van der Waals surface area contributed by atoms with Crippen molar-refractivity contribution in [2.75, 3.05) is 26.2 Å². The van der Waals surface area contributed by atoms with Gasteiger partial charge in [-0.25, -0.2) is 0 Å². The molecule has 1 N–H and O–H groups in total. The molecule has 124 valence electrons. The van der Waals surface area contributed by atoms with Crippen molar-refractivity contribution in [3.8, 4) is 6.07 Å². The van der Waals surface area contributed by atoms with Crippen molar-refractivity contribution in [3.63, 3.8) is 0 Å². The Kier molecular flexibility index (Phi) is 9.25. The van der Waals surface area contributed by atoms with Crippen LogP contribution in [0.5, 0.6) is 0 Å². The molecular weight excluding hydrogens is 290 g/mol. The van der Waals surface area contributed by atoms with Crippen molar-refractivity contribution in [2.24, 2.45) is 4.99 Å². The Bertz CT molecular complexity index is 550. The van der Waals surface area contributed by atoms with E-state index in [2.05, 4.69) is 28.3 Å². The van der Waals surface area contributed by atoms with Crippen LogP contribution in [-0.4, -0.2) is 48.2 Å². The standard InChI is InChI=1S/C17H25N5O/c1-3-8-19-12-15-6-9-21-16(11-15)13-20-14-17(23)22(4-2)10-5-7-18/h6,9,11-12,20H,3-5,8,10,13-14H2,1-2H3. The summed E-state index contributed by atoms with van der Waals surface area (Å²) >= 11 is 0. The summed E-state index contributed by atoms with van der Waals surface area (Å²) in [6.07, 6.45) is 4.98. The first-order valence-corrected chi connectivity index (χ1v) is 8.01. The Morgan fingerprint density at radius 3 is 3.04 bits per heavy atom. The molecule has 0 radical (unpaired) electrons. The number of likely N-dealkylation sites (N-methyl/N-ethyl adjacent to an activating group) is 1. The maximum absolute atomic E-state index is 12.0. The molecule has 0 aromatic carbocycles. The summed E-state index contributed by atoms with van der Waals surface area (Å²) in [5.74, 6) is 0.00316. The number of aromatic nitrogens is 1. The van der Waals surface area contributed by atoms with Crippen LogP contribution in [0.2, 0.25) is 0 Å². The molecule has 0 aliphatic heterocycles. The van der Waals surface area contributed by atoms with Crippen molar-refractivity contribution >= 4 is 12.1 Å².